The summed E-state index contributed by atoms with van der Waals surface area (Å²) in [5.74, 6) is -2.68. The Morgan fingerprint density at radius 2 is 1.84 bits per heavy atom. The first-order valence-electron chi connectivity index (χ1n) is 10.2. The lowest BCUT2D eigenvalue weighted by Gasteiger charge is -2.44. The Labute approximate surface area is 190 Å². The molecule has 0 spiro atoms. The van der Waals surface area contributed by atoms with Gasteiger partial charge in [0.2, 0.25) is 0 Å². The number of carboxylic acids is 1. The molecule has 6 nitrogen and oxygen atoms in total. The van der Waals surface area contributed by atoms with E-state index in [0.717, 1.165) is 6.07 Å². The van der Waals surface area contributed by atoms with Crippen molar-refractivity contribution >= 4 is 23.5 Å². The Bertz CT molecular complexity index is 1000. The zero-order valence-corrected chi connectivity index (χ0v) is 18.6. The Kier molecular flexibility index (Phi) is 7.69. The molecule has 3 rings (SSSR count). The lowest BCUT2D eigenvalue weighted by atomic mass is 10.1. The third-order valence-corrected chi connectivity index (χ3v) is 5.76. The molecule has 1 aliphatic rings. The summed E-state index contributed by atoms with van der Waals surface area (Å²) in [5.41, 5.74) is 1.07. The van der Waals surface area contributed by atoms with Crippen LogP contribution < -0.4 is 4.74 Å². The van der Waals surface area contributed by atoms with Crippen molar-refractivity contribution in [3.63, 3.8) is 0 Å². The zero-order valence-electron chi connectivity index (χ0n) is 17.9. The highest BCUT2D eigenvalue weighted by Gasteiger charge is 2.32. The van der Waals surface area contributed by atoms with Crippen molar-refractivity contribution in [1.82, 2.24) is 9.80 Å². The van der Waals surface area contributed by atoms with Gasteiger partial charge in [0.15, 0.2) is 18.2 Å². The Morgan fingerprint density at radius 3 is 2.53 bits per heavy atom. The summed E-state index contributed by atoms with van der Waals surface area (Å²) in [6, 6.07) is 8.40. The predicted octanol–water partition coefficient (Wildman–Crippen LogP) is 3.75. The maximum Gasteiger partial charge on any atom is 0.307 e. The molecule has 1 heterocycles. The molecule has 0 bridgehead atoms. The molecular formula is C23H25ClF2N2O4. The van der Waals surface area contributed by atoms with Crippen LogP contribution in [0, 0.1) is 11.6 Å². The highest BCUT2D eigenvalue weighted by molar-refractivity contribution is 6.30. The van der Waals surface area contributed by atoms with Crippen LogP contribution >= 0.6 is 11.6 Å². The minimum atomic E-state index is -1.02. The largest absolute Gasteiger partial charge is 0.483 e. The van der Waals surface area contributed by atoms with Crippen LogP contribution in [-0.4, -0.2) is 58.6 Å². The normalized spacial score (nSPS) is 19.1. The smallest absolute Gasteiger partial charge is 0.307 e. The van der Waals surface area contributed by atoms with Crippen LogP contribution in [0.3, 0.4) is 0 Å². The Balaban J connectivity index is 1.60. The highest BCUT2D eigenvalue weighted by Crippen LogP contribution is 2.24. The zero-order chi connectivity index (χ0) is 23.4. The summed E-state index contributed by atoms with van der Waals surface area (Å²) in [5, 5.41) is 9.46. The molecule has 9 heteroatoms. The van der Waals surface area contributed by atoms with Crippen LogP contribution in [-0.2, 0) is 22.6 Å². The van der Waals surface area contributed by atoms with Gasteiger partial charge in [-0.3, -0.25) is 14.5 Å². The van der Waals surface area contributed by atoms with Crippen LogP contribution in [0.1, 0.15) is 25.0 Å². The van der Waals surface area contributed by atoms with E-state index in [0.29, 0.717) is 41.5 Å². The fourth-order valence-corrected chi connectivity index (χ4v) is 4.05. The molecule has 1 fully saturated rings. The second-order valence-electron chi connectivity index (χ2n) is 8.03. The molecule has 1 aliphatic heterocycles. The van der Waals surface area contributed by atoms with Gasteiger partial charge >= 0.3 is 5.97 Å². The highest BCUT2D eigenvalue weighted by atomic mass is 35.5. The van der Waals surface area contributed by atoms with Gasteiger partial charge in [0.25, 0.3) is 5.91 Å². The number of carboxylic acid groups (broad SMARTS) is 1. The molecule has 1 saturated heterocycles. The van der Waals surface area contributed by atoms with Crippen LogP contribution in [0.15, 0.2) is 36.4 Å². The molecule has 1 amide bonds. The number of ether oxygens (including phenoxy) is 1. The summed E-state index contributed by atoms with van der Waals surface area (Å²) in [7, 11) is 0. The van der Waals surface area contributed by atoms with Gasteiger partial charge in [-0.15, -0.1) is 0 Å². The van der Waals surface area contributed by atoms with E-state index in [1.807, 2.05) is 13.8 Å². The lowest BCUT2D eigenvalue weighted by molar-refractivity contribution is -0.139. The fourth-order valence-electron chi connectivity index (χ4n) is 3.85. The standard InChI is InChI=1S/C23H25ClF2N2O4/c1-14-11-28(15(2)10-27(14)12-16-3-5-19(25)20(26)7-16)22(29)13-32-21-6-4-18(24)8-17(21)9-23(30)31/h3-8,14-15H,9-13H2,1-2H3,(H,30,31)/t14-,15+/m0/s1. The second kappa shape index (κ2) is 10.3. The molecule has 1 N–H and O–H groups in total. The molecule has 2 atom stereocenters. The van der Waals surface area contributed by atoms with Gasteiger partial charge in [0, 0.05) is 42.3 Å². The monoisotopic (exact) mass is 466 g/mol. The molecule has 2 aromatic rings. The second-order valence-corrected chi connectivity index (χ2v) is 8.47. The van der Waals surface area contributed by atoms with Crippen molar-refractivity contribution in [2.45, 2.75) is 38.9 Å². The first-order chi connectivity index (χ1) is 15.1. The molecule has 0 saturated carbocycles. The van der Waals surface area contributed by atoms with Crippen molar-refractivity contribution in [3.05, 3.63) is 64.2 Å². The van der Waals surface area contributed by atoms with E-state index in [1.54, 1.807) is 23.1 Å². The quantitative estimate of drug-likeness (QED) is 0.673. The van der Waals surface area contributed by atoms with Gasteiger partial charge in [-0.05, 0) is 49.7 Å². The van der Waals surface area contributed by atoms with E-state index in [2.05, 4.69) is 4.90 Å². The van der Waals surface area contributed by atoms with Gasteiger partial charge in [-0.25, -0.2) is 8.78 Å². The molecule has 0 unspecified atom stereocenters. The molecule has 0 aromatic heterocycles. The first kappa shape index (κ1) is 23.9. The number of nitrogens with zero attached hydrogens (tertiary/aromatic N) is 2. The number of hydrogen-bond acceptors (Lipinski definition) is 4. The lowest BCUT2D eigenvalue weighted by Crippen LogP contribution is -2.58. The number of amides is 1. The Morgan fingerprint density at radius 1 is 1.09 bits per heavy atom. The number of carbonyl (C=O) groups excluding carboxylic acids is 1. The van der Waals surface area contributed by atoms with E-state index in [-0.39, 0.29) is 31.0 Å². The number of halogens is 3. The third-order valence-electron chi connectivity index (χ3n) is 5.52. The fraction of sp³-hybridized carbons (Fsp3) is 0.391. The van der Waals surface area contributed by atoms with Gasteiger partial charge in [0.1, 0.15) is 5.75 Å². The Hall–Kier alpha value is -2.71. The average Bonchev–Trinajstić information content (AvgIpc) is 2.72. The van der Waals surface area contributed by atoms with E-state index >= 15 is 0 Å². The van der Waals surface area contributed by atoms with Crippen LogP contribution in [0.4, 0.5) is 8.78 Å². The number of benzene rings is 2. The maximum atomic E-state index is 13.5. The topological polar surface area (TPSA) is 70.1 Å². The summed E-state index contributed by atoms with van der Waals surface area (Å²) < 4.78 is 32.3. The van der Waals surface area contributed by atoms with Gasteiger partial charge in [0.05, 0.1) is 6.42 Å². The number of carbonyl (C=O) groups is 2. The molecule has 32 heavy (non-hydrogen) atoms. The molecular weight excluding hydrogens is 442 g/mol. The van der Waals surface area contributed by atoms with Gasteiger partial charge in [-0.2, -0.15) is 0 Å². The van der Waals surface area contributed by atoms with Crippen molar-refractivity contribution < 1.29 is 28.2 Å². The van der Waals surface area contributed by atoms with Crippen molar-refractivity contribution in [2.75, 3.05) is 19.7 Å². The van der Waals surface area contributed by atoms with Gasteiger partial charge < -0.3 is 14.7 Å². The minimum Gasteiger partial charge on any atom is -0.483 e. The summed E-state index contributed by atoms with van der Waals surface area (Å²) in [6.45, 7) is 5.13. The van der Waals surface area contributed by atoms with E-state index in [9.17, 15) is 18.4 Å². The van der Waals surface area contributed by atoms with E-state index in [4.69, 9.17) is 21.4 Å². The van der Waals surface area contributed by atoms with E-state index < -0.39 is 17.6 Å². The van der Waals surface area contributed by atoms with Gasteiger partial charge in [-0.1, -0.05) is 17.7 Å². The third kappa shape index (κ3) is 5.95. The van der Waals surface area contributed by atoms with Crippen molar-refractivity contribution in [3.8, 4) is 5.75 Å². The number of piperazine rings is 1. The SMILES string of the molecule is C[C@@H]1CN(Cc2ccc(F)c(F)c2)[C@@H](C)CN1C(=O)COc1ccc(Cl)cc1CC(=O)O. The summed E-state index contributed by atoms with van der Waals surface area (Å²) in [4.78, 5) is 27.7. The first-order valence-corrected chi connectivity index (χ1v) is 10.6. The predicted molar refractivity (Wildman–Crippen MR) is 116 cm³/mol. The summed E-state index contributed by atoms with van der Waals surface area (Å²) in [6.07, 6.45) is -0.264. The molecule has 2 aromatic carbocycles. The number of aliphatic carboxylic acids is 1. The average molecular weight is 467 g/mol. The van der Waals surface area contributed by atoms with Crippen LogP contribution in [0.5, 0.6) is 5.75 Å². The molecule has 0 aliphatic carbocycles. The molecule has 172 valence electrons. The maximum absolute atomic E-state index is 13.5. The van der Waals surface area contributed by atoms with Crippen molar-refractivity contribution in [1.29, 1.82) is 0 Å². The number of hydrogen-bond donors (Lipinski definition) is 1. The molecule has 0 radical (unpaired) electrons. The van der Waals surface area contributed by atoms with Crippen LogP contribution in [0.2, 0.25) is 5.02 Å². The van der Waals surface area contributed by atoms with Crippen LogP contribution in [0.25, 0.3) is 0 Å². The van der Waals surface area contributed by atoms with Crippen molar-refractivity contribution in [2.24, 2.45) is 0 Å². The summed E-state index contributed by atoms with van der Waals surface area (Å²) >= 11 is 5.94. The minimum absolute atomic E-state index is 0.00127. The van der Waals surface area contributed by atoms with E-state index in [1.165, 1.54) is 12.1 Å². The number of rotatable bonds is 7.